The summed E-state index contributed by atoms with van der Waals surface area (Å²) in [6, 6.07) is -1.07. The van der Waals surface area contributed by atoms with Crippen LogP contribution in [0, 0.1) is 0 Å². The highest BCUT2D eigenvalue weighted by Gasteiger charge is 2.34. The molecule has 0 heterocycles. The number of aliphatic hydroxyl groups is 1. The van der Waals surface area contributed by atoms with Gasteiger partial charge in [0.2, 0.25) is 0 Å². The van der Waals surface area contributed by atoms with Crippen molar-refractivity contribution in [3.63, 3.8) is 0 Å². The Morgan fingerprint density at radius 2 is 1.76 bits per heavy atom. The predicted molar refractivity (Wildman–Crippen MR) is 61.5 cm³/mol. The quantitative estimate of drug-likeness (QED) is 0.746. The fourth-order valence-electron chi connectivity index (χ4n) is 1.25. The molecule has 0 bridgehead atoms. The van der Waals surface area contributed by atoms with Gasteiger partial charge >= 0.3 is 12.1 Å². The Kier molecular flexibility index (Phi) is 5.41. The first-order valence-electron chi connectivity index (χ1n) is 5.32. The summed E-state index contributed by atoms with van der Waals surface area (Å²) in [6.07, 6.45) is -1.73. The van der Waals surface area contributed by atoms with Crippen LogP contribution in [-0.4, -0.2) is 54.0 Å². The van der Waals surface area contributed by atoms with E-state index >= 15 is 0 Å². The fourth-order valence-corrected chi connectivity index (χ4v) is 1.25. The Hall–Kier alpha value is -1.30. The lowest BCUT2D eigenvalue weighted by Crippen LogP contribution is -2.50. The van der Waals surface area contributed by atoms with Crippen LogP contribution >= 0.6 is 0 Å². The zero-order chi connectivity index (χ0) is 13.8. The van der Waals surface area contributed by atoms with Crippen LogP contribution in [0.5, 0.6) is 0 Å². The molecule has 0 aliphatic rings. The van der Waals surface area contributed by atoms with Crippen LogP contribution in [0.15, 0.2) is 0 Å². The number of carbonyl (C=O) groups excluding carboxylic acids is 2. The van der Waals surface area contributed by atoms with E-state index in [9.17, 15) is 14.7 Å². The summed E-state index contributed by atoms with van der Waals surface area (Å²) in [6.45, 7) is 6.55. The van der Waals surface area contributed by atoms with Gasteiger partial charge < -0.3 is 14.6 Å². The lowest BCUT2D eigenvalue weighted by molar-refractivity contribution is -0.150. The number of likely N-dealkylation sites (N-methyl/N-ethyl adjacent to an activating group) is 1. The van der Waals surface area contributed by atoms with Crippen LogP contribution in [-0.2, 0) is 14.3 Å². The molecular formula is C11H21NO5. The number of nitrogens with zero attached hydrogens (tertiary/aromatic N) is 1. The van der Waals surface area contributed by atoms with E-state index in [0.717, 1.165) is 4.90 Å². The zero-order valence-electron chi connectivity index (χ0n) is 11.2. The van der Waals surface area contributed by atoms with Crippen LogP contribution in [0.2, 0.25) is 0 Å². The third-order valence-electron chi connectivity index (χ3n) is 2.00. The lowest BCUT2D eigenvalue weighted by Gasteiger charge is -2.30. The Morgan fingerprint density at radius 3 is 2.06 bits per heavy atom. The largest absolute Gasteiger partial charge is 0.467 e. The van der Waals surface area contributed by atoms with Crippen LogP contribution in [0.25, 0.3) is 0 Å². The first-order chi connectivity index (χ1) is 7.60. The van der Waals surface area contributed by atoms with E-state index in [2.05, 4.69) is 4.74 Å². The Balaban J connectivity index is 4.79. The maximum Gasteiger partial charge on any atom is 0.410 e. The average molecular weight is 247 g/mol. The second kappa shape index (κ2) is 5.86. The molecule has 0 spiro atoms. The first kappa shape index (κ1) is 15.7. The number of methoxy groups -OCH3 is 1. The van der Waals surface area contributed by atoms with Gasteiger partial charge in [0.05, 0.1) is 13.2 Å². The molecule has 0 saturated heterocycles. The van der Waals surface area contributed by atoms with Crippen molar-refractivity contribution in [1.82, 2.24) is 4.90 Å². The van der Waals surface area contributed by atoms with Crippen LogP contribution in [0.1, 0.15) is 27.7 Å². The number of hydrogen-bond donors (Lipinski definition) is 1. The molecular weight excluding hydrogens is 226 g/mol. The summed E-state index contributed by atoms with van der Waals surface area (Å²) >= 11 is 0. The van der Waals surface area contributed by atoms with Gasteiger partial charge in [-0.3, -0.25) is 4.90 Å². The second-order valence-electron chi connectivity index (χ2n) is 4.80. The molecule has 100 valence electrons. The highest BCUT2D eigenvalue weighted by atomic mass is 16.6. The summed E-state index contributed by atoms with van der Waals surface area (Å²) in [4.78, 5) is 24.2. The monoisotopic (exact) mass is 247 g/mol. The van der Waals surface area contributed by atoms with Gasteiger partial charge in [0, 0.05) is 7.05 Å². The van der Waals surface area contributed by atoms with Crippen LogP contribution < -0.4 is 0 Å². The lowest BCUT2D eigenvalue weighted by atomic mass is 10.1. The molecule has 0 aliphatic carbocycles. The van der Waals surface area contributed by atoms with Crippen molar-refractivity contribution in [2.75, 3.05) is 14.2 Å². The van der Waals surface area contributed by atoms with Crippen molar-refractivity contribution in [2.24, 2.45) is 0 Å². The minimum atomic E-state index is -1.07. The average Bonchev–Trinajstić information content (AvgIpc) is 2.14. The number of esters is 1. The number of aliphatic hydroxyl groups excluding tert-OH is 1. The van der Waals surface area contributed by atoms with E-state index in [1.165, 1.54) is 21.1 Å². The summed E-state index contributed by atoms with van der Waals surface area (Å²) in [5.41, 5.74) is -0.662. The Labute approximate surface area is 101 Å². The summed E-state index contributed by atoms with van der Waals surface area (Å²) in [7, 11) is 2.57. The first-order valence-corrected chi connectivity index (χ1v) is 5.32. The minimum Gasteiger partial charge on any atom is -0.467 e. The van der Waals surface area contributed by atoms with Gasteiger partial charge in [0.25, 0.3) is 0 Å². The van der Waals surface area contributed by atoms with E-state index in [4.69, 9.17) is 4.74 Å². The normalized spacial score (nSPS) is 14.8. The summed E-state index contributed by atoms with van der Waals surface area (Å²) in [5, 5.41) is 9.48. The Morgan fingerprint density at radius 1 is 1.29 bits per heavy atom. The van der Waals surface area contributed by atoms with Gasteiger partial charge in [0.15, 0.2) is 6.04 Å². The number of hydrogen-bond acceptors (Lipinski definition) is 5. The fraction of sp³-hybridized carbons (Fsp3) is 0.818. The molecule has 1 N–H and O–H groups in total. The predicted octanol–water partition coefficient (Wildman–Crippen LogP) is 0.776. The standard InChI is InChI=1S/C11H21NO5/c1-7(13)8(9(14)16-6)12(5)10(15)17-11(2,3)4/h7-8,13H,1-6H3. The molecule has 0 saturated carbocycles. The highest BCUT2D eigenvalue weighted by molar-refractivity contribution is 5.81. The van der Waals surface area contributed by atoms with E-state index in [1.807, 2.05) is 0 Å². The Bertz CT molecular complexity index is 282. The molecule has 0 aromatic carbocycles. The number of carbonyl (C=O) groups is 2. The molecule has 2 unspecified atom stereocenters. The molecule has 6 nitrogen and oxygen atoms in total. The van der Waals surface area contributed by atoms with Crippen molar-refractivity contribution in [3.05, 3.63) is 0 Å². The van der Waals surface area contributed by atoms with Gasteiger partial charge in [-0.1, -0.05) is 0 Å². The molecule has 0 aromatic rings. The summed E-state index contributed by atoms with van der Waals surface area (Å²) in [5.74, 6) is -0.687. The van der Waals surface area contributed by atoms with Crippen molar-refractivity contribution >= 4 is 12.1 Å². The van der Waals surface area contributed by atoms with E-state index in [1.54, 1.807) is 20.8 Å². The molecule has 2 atom stereocenters. The van der Waals surface area contributed by atoms with E-state index < -0.39 is 29.8 Å². The molecule has 0 rings (SSSR count). The molecule has 0 radical (unpaired) electrons. The van der Waals surface area contributed by atoms with Gasteiger partial charge in [-0.05, 0) is 27.7 Å². The third kappa shape index (κ3) is 5.04. The van der Waals surface area contributed by atoms with Crippen LogP contribution in [0.3, 0.4) is 0 Å². The SMILES string of the molecule is COC(=O)C(C(C)O)N(C)C(=O)OC(C)(C)C. The van der Waals surface area contributed by atoms with Gasteiger partial charge in [0.1, 0.15) is 5.60 Å². The maximum absolute atomic E-state index is 11.7. The number of rotatable bonds is 3. The van der Waals surface area contributed by atoms with Crippen molar-refractivity contribution in [1.29, 1.82) is 0 Å². The molecule has 17 heavy (non-hydrogen) atoms. The van der Waals surface area contributed by atoms with Gasteiger partial charge in [-0.2, -0.15) is 0 Å². The van der Waals surface area contributed by atoms with Crippen molar-refractivity contribution in [2.45, 2.75) is 45.4 Å². The van der Waals surface area contributed by atoms with Crippen molar-refractivity contribution in [3.8, 4) is 0 Å². The minimum absolute atomic E-state index is 0.662. The van der Waals surface area contributed by atoms with Crippen LogP contribution in [0.4, 0.5) is 4.79 Å². The smallest absolute Gasteiger partial charge is 0.410 e. The van der Waals surface area contributed by atoms with E-state index in [-0.39, 0.29) is 0 Å². The molecule has 0 fully saturated rings. The molecule has 0 aliphatic heterocycles. The van der Waals surface area contributed by atoms with Gasteiger partial charge in [-0.25, -0.2) is 9.59 Å². The molecule has 0 aromatic heterocycles. The molecule has 1 amide bonds. The third-order valence-corrected chi connectivity index (χ3v) is 2.00. The number of ether oxygens (including phenoxy) is 2. The zero-order valence-corrected chi connectivity index (χ0v) is 11.2. The van der Waals surface area contributed by atoms with E-state index in [0.29, 0.717) is 0 Å². The van der Waals surface area contributed by atoms with Gasteiger partial charge in [-0.15, -0.1) is 0 Å². The number of amides is 1. The van der Waals surface area contributed by atoms with Crippen molar-refractivity contribution < 1.29 is 24.2 Å². The topological polar surface area (TPSA) is 76.1 Å². The maximum atomic E-state index is 11.7. The highest BCUT2D eigenvalue weighted by Crippen LogP contribution is 2.13. The molecule has 6 heteroatoms. The summed E-state index contributed by atoms with van der Waals surface area (Å²) < 4.78 is 9.62. The second-order valence-corrected chi connectivity index (χ2v) is 4.80.